The van der Waals surface area contributed by atoms with E-state index in [-0.39, 0.29) is 5.78 Å². The number of benzene rings is 1. The molecule has 2 nitrogen and oxygen atoms in total. The second kappa shape index (κ2) is 3.78. The van der Waals surface area contributed by atoms with E-state index in [1.165, 1.54) is 12.8 Å². The fourth-order valence-corrected chi connectivity index (χ4v) is 2.07. The van der Waals surface area contributed by atoms with Gasteiger partial charge in [-0.15, -0.1) is 0 Å². The van der Waals surface area contributed by atoms with E-state index < -0.39 is 0 Å². The van der Waals surface area contributed by atoms with E-state index in [1.54, 1.807) is 6.26 Å². The summed E-state index contributed by atoms with van der Waals surface area (Å²) in [6, 6.07) is 7.70. The van der Waals surface area contributed by atoms with Gasteiger partial charge in [0.25, 0.3) is 0 Å². The number of Topliss-reactive ketones (excluding diaryl/α,β-unsaturated/α-hetero) is 1. The first kappa shape index (κ1) is 9.64. The van der Waals surface area contributed by atoms with Crippen LogP contribution in [0.2, 0.25) is 0 Å². The number of rotatable bonds is 4. The average molecular weight is 214 g/mol. The Morgan fingerprint density at radius 2 is 2.12 bits per heavy atom. The van der Waals surface area contributed by atoms with Gasteiger partial charge in [-0.3, -0.25) is 4.79 Å². The molecule has 0 unspecified atom stereocenters. The zero-order valence-corrected chi connectivity index (χ0v) is 9.11. The summed E-state index contributed by atoms with van der Waals surface area (Å²) in [6.45, 7) is 0. The maximum Gasteiger partial charge on any atom is 0.166 e. The molecule has 1 heterocycles. The Morgan fingerprint density at radius 3 is 2.94 bits per heavy atom. The molecule has 0 bridgehead atoms. The molecule has 1 aromatic carbocycles. The van der Waals surface area contributed by atoms with E-state index in [4.69, 9.17) is 4.42 Å². The van der Waals surface area contributed by atoms with Crippen LogP contribution in [-0.4, -0.2) is 5.78 Å². The molecule has 0 amide bonds. The third kappa shape index (κ3) is 1.75. The van der Waals surface area contributed by atoms with Crippen molar-refractivity contribution in [3.8, 4) is 0 Å². The van der Waals surface area contributed by atoms with Crippen molar-refractivity contribution in [2.75, 3.05) is 0 Å². The highest BCUT2D eigenvalue weighted by atomic mass is 16.3. The molecule has 1 aliphatic carbocycles. The van der Waals surface area contributed by atoms with Crippen molar-refractivity contribution in [1.82, 2.24) is 0 Å². The largest absolute Gasteiger partial charge is 0.464 e. The van der Waals surface area contributed by atoms with Crippen LogP contribution in [0.3, 0.4) is 0 Å². The summed E-state index contributed by atoms with van der Waals surface area (Å²) in [4.78, 5) is 12.0. The van der Waals surface area contributed by atoms with Crippen molar-refractivity contribution in [2.45, 2.75) is 25.7 Å². The van der Waals surface area contributed by atoms with Crippen molar-refractivity contribution in [2.24, 2.45) is 5.92 Å². The van der Waals surface area contributed by atoms with Gasteiger partial charge in [0.2, 0.25) is 0 Å². The number of carbonyl (C=O) groups is 1. The number of furan rings is 1. The van der Waals surface area contributed by atoms with Crippen LogP contribution in [0.15, 0.2) is 34.9 Å². The van der Waals surface area contributed by atoms with Crippen molar-refractivity contribution >= 4 is 16.8 Å². The Hall–Kier alpha value is -1.57. The molecule has 0 saturated heterocycles. The minimum atomic E-state index is 0.219. The fourth-order valence-electron chi connectivity index (χ4n) is 2.07. The molecule has 1 aromatic heterocycles. The number of hydrogen-bond acceptors (Lipinski definition) is 2. The Bertz CT molecular complexity index is 520. The smallest absolute Gasteiger partial charge is 0.166 e. The van der Waals surface area contributed by atoms with Crippen LogP contribution in [0.1, 0.15) is 36.0 Å². The van der Waals surface area contributed by atoms with Crippen molar-refractivity contribution < 1.29 is 9.21 Å². The van der Waals surface area contributed by atoms with Crippen LogP contribution in [0.25, 0.3) is 11.0 Å². The highest BCUT2D eigenvalue weighted by Crippen LogP contribution is 2.34. The zero-order valence-electron chi connectivity index (χ0n) is 9.11. The molecule has 0 spiro atoms. The summed E-state index contributed by atoms with van der Waals surface area (Å²) < 4.78 is 5.37. The maximum atomic E-state index is 12.0. The van der Waals surface area contributed by atoms with Crippen LogP contribution in [0.4, 0.5) is 0 Å². The monoisotopic (exact) mass is 214 g/mol. The molecule has 0 N–H and O–H groups in total. The molecule has 0 aliphatic heterocycles. The normalized spacial score (nSPS) is 15.5. The van der Waals surface area contributed by atoms with E-state index in [0.29, 0.717) is 6.42 Å². The first-order valence-electron chi connectivity index (χ1n) is 5.84. The SMILES string of the molecule is O=C(CCC1CC1)c1coc2ccccc12. The molecule has 82 valence electrons. The van der Waals surface area contributed by atoms with E-state index in [1.807, 2.05) is 24.3 Å². The van der Waals surface area contributed by atoms with Gasteiger partial charge in [0.15, 0.2) is 5.78 Å². The average Bonchev–Trinajstić information content (AvgIpc) is 3.04. The predicted molar refractivity (Wildman–Crippen MR) is 62.5 cm³/mol. The van der Waals surface area contributed by atoms with Gasteiger partial charge in [-0.2, -0.15) is 0 Å². The summed E-state index contributed by atoms with van der Waals surface area (Å²) in [6.07, 6.45) is 5.91. The van der Waals surface area contributed by atoms with Gasteiger partial charge in [-0.1, -0.05) is 31.0 Å². The summed E-state index contributed by atoms with van der Waals surface area (Å²) in [5.41, 5.74) is 1.55. The number of para-hydroxylation sites is 1. The van der Waals surface area contributed by atoms with Crippen LogP contribution >= 0.6 is 0 Å². The number of hydrogen-bond donors (Lipinski definition) is 0. The van der Waals surface area contributed by atoms with Gasteiger partial charge < -0.3 is 4.42 Å². The predicted octanol–water partition coefficient (Wildman–Crippen LogP) is 3.81. The zero-order chi connectivity index (χ0) is 11.0. The summed E-state index contributed by atoms with van der Waals surface area (Å²) in [7, 11) is 0. The molecule has 2 aromatic rings. The molecular formula is C14H14O2. The Balaban J connectivity index is 1.83. The Labute approximate surface area is 94.3 Å². The third-order valence-electron chi connectivity index (χ3n) is 3.26. The molecule has 3 rings (SSSR count). The van der Waals surface area contributed by atoms with Gasteiger partial charge in [-0.25, -0.2) is 0 Å². The fraction of sp³-hybridized carbons (Fsp3) is 0.357. The second-order valence-corrected chi connectivity index (χ2v) is 4.55. The topological polar surface area (TPSA) is 30.2 Å². The van der Waals surface area contributed by atoms with Crippen LogP contribution in [0.5, 0.6) is 0 Å². The van der Waals surface area contributed by atoms with Crippen LogP contribution in [-0.2, 0) is 0 Å². The molecule has 1 aliphatic rings. The summed E-state index contributed by atoms with van der Waals surface area (Å²) >= 11 is 0. The molecule has 2 heteroatoms. The number of ketones is 1. The van der Waals surface area contributed by atoms with Crippen molar-refractivity contribution in [3.05, 3.63) is 36.1 Å². The standard InChI is InChI=1S/C14H14O2/c15-13(8-7-10-5-6-10)12-9-16-14-4-2-1-3-11(12)14/h1-4,9-10H,5-8H2. The highest BCUT2D eigenvalue weighted by Gasteiger charge is 2.23. The third-order valence-corrected chi connectivity index (χ3v) is 3.26. The van der Waals surface area contributed by atoms with E-state index >= 15 is 0 Å². The molecule has 1 saturated carbocycles. The quantitative estimate of drug-likeness (QED) is 0.724. The molecule has 16 heavy (non-hydrogen) atoms. The molecular weight excluding hydrogens is 200 g/mol. The van der Waals surface area contributed by atoms with E-state index in [9.17, 15) is 4.79 Å². The van der Waals surface area contributed by atoms with Gasteiger partial charge in [0.1, 0.15) is 11.8 Å². The number of fused-ring (bicyclic) bond motifs is 1. The van der Waals surface area contributed by atoms with Gasteiger partial charge in [0.05, 0.1) is 5.56 Å². The van der Waals surface area contributed by atoms with Crippen LogP contribution in [0, 0.1) is 5.92 Å². The van der Waals surface area contributed by atoms with E-state index in [2.05, 4.69) is 0 Å². The van der Waals surface area contributed by atoms with Crippen LogP contribution < -0.4 is 0 Å². The maximum absolute atomic E-state index is 12.0. The lowest BCUT2D eigenvalue weighted by Gasteiger charge is -1.97. The Morgan fingerprint density at radius 1 is 1.31 bits per heavy atom. The lowest BCUT2D eigenvalue weighted by Crippen LogP contribution is -1.98. The van der Waals surface area contributed by atoms with Gasteiger partial charge in [0, 0.05) is 11.8 Å². The van der Waals surface area contributed by atoms with Gasteiger partial charge in [-0.05, 0) is 18.4 Å². The lowest BCUT2D eigenvalue weighted by atomic mass is 10.0. The Kier molecular flexibility index (Phi) is 2.28. The minimum Gasteiger partial charge on any atom is -0.464 e. The second-order valence-electron chi connectivity index (χ2n) is 4.55. The first-order chi connectivity index (χ1) is 7.84. The molecule has 1 fully saturated rings. The van der Waals surface area contributed by atoms with Crippen molar-refractivity contribution in [1.29, 1.82) is 0 Å². The van der Waals surface area contributed by atoms with Gasteiger partial charge >= 0.3 is 0 Å². The van der Waals surface area contributed by atoms with Crippen molar-refractivity contribution in [3.63, 3.8) is 0 Å². The minimum absolute atomic E-state index is 0.219. The summed E-state index contributed by atoms with van der Waals surface area (Å²) in [5, 5.41) is 0.947. The number of carbonyl (C=O) groups excluding carboxylic acids is 1. The molecule has 0 radical (unpaired) electrons. The first-order valence-corrected chi connectivity index (χ1v) is 5.84. The highest BCUT2D eigenvalue weighted by molar-refractivity contribution is 6.07. The molecule has 0 atom stereocenters. The lowest BCUT2D eigenvalue weighted by molar-refractivity contribution is 0.0979. The summed E-state index contributed by atoms with van der Waals surface area (Å²) in [5.74, 6) is 1.03. The van der Waals surface area contributed by atoms with E-state index in [0.717, 1.165) is 28.9 Å².